The lowest BCUT2D eigenvalue weighted by Gasteiger charge is -2.26. The molecule has 1 atom stereocenters. The zero-order valence-corrected chi connectivity index (χ0v) is 13.1. The van der Waals surface area contributed by atoms with Gasteiger partial charge in [0.05, 0.1) is 11.5 Å². The molecule has 2 rings (SSSR count). The molecule has 4 nitrogen and oxygen atoms in total. The molecule has 1 saturated heterocycles. The highest BCUT2D eigenvalue weighted by Gasteiger charge is 2.30. The molecule has 1 unspecified atom stereocenters. The van der Waals surface area contributed by atoms with Gasteiger partial charge in [-0.2, -0.15) is 4.31 Å². The van der Waals surface area contributed by atoms with Crippen molar-refractivity contribution < 1.29 is 13.5 Å². The molecular weight excluding hydrogens is 298 g/mol. The highest BCUT2D eigenvalue weighted by atomic mass is 35.5. The minimum atomic E-state index is -3.51. The maximum Gasteiger partial charge on any atom is 0.243 e. The maximum atomic E-state index is 12.7. The highest BCUT2D eigenvalue weighted by molar-refractivity contribution is 7.89. The van der Waals surface area contributed by atoms with Crippen LogP contribution in [0.25, 0.3) is 0 Å². The summed E-state index contributed by atoms with van der Waals surface area (Å²) in [5, 5.41) is 9.38. The van der Waals surface area contributed by atoms with Gasteiger partial charge in [-0.3, -0.25) is 0 Å². The van der Waals surface area contributed by atoms with Gasteiger partial charge in [-0.05, 0) is 37.5 Å². The quantitative estimate of drug-likeness (QED) is 0.932. The van der Waals surface area contributed by atoms with Crippen LogP contribution < -0.4 is 0 Å². The molecule has 112 valence electrons. The first-order valence-corrected chi connectivity index (χ1v) is 8.69. The number of aliphatic hydroxyl groups excluding tert-OH is 1. The van der Waals surface area contributed by atoms with Crippen LogP contribution in [0.1, 0.15) is 38.2 Å². The fraction of sp³-hybridized carbons (Fsp3) is 0.571. The second kappa shape index (κ2) is 6.43. The Morgan fingerprint density at radius 1 is 1.35 bits per heavy atom. The van der Waals surface area contributed by atoms with Crippen molar-refractivity contribution >= 4 is 21.6 Å². The first kappa shape index (κ1) is 15.8. The minimum Gasteiger partial charge on any atom is -0.392 e. The molecule has 6 heteroatoms. The van der Waals surface area contributed by atoms with Crippen LogP contribution in [0, 0.1) is 0 Å². The van der Waals surface area contributed by atoms with Gasteiger partial charge in [-0.1, -0.05) is 30.5 Å². The monoisotopic (exact) mass is 317 g/mol. The van der Waals surface area contributed by atoms with E-state index in [2.05, 4.69) is 0 Å². The van der Waals surface area contributed by atoms with Gasteiger partial charge in [0.2, 0.25) is 10.0 Å². The smallest absolute Gasteiger partial charge is 0.243 e. The van der Waals surface area contributed by atoms with Crippen molar-refractivity contribution in [3.8, 4) is 0 Å². The van der Waals surface area contributed by atoms with Crippen molar-refractivity contribution in [1.82, 2.24) is 4.31 Å². The Kier molecular flexibility index (Phi) is 5.07. The van der Waals surface area contributed by atoms with Gasteiger partial charge >= 0.3 is 0 Å². The number of rotatable bonds is 3. The van der Waals surface area contributed by atoms with E-state index in [4.69, 9.17) is 16.7 Å². The lowest BCUT2D eigenvalue weighted by molar-refractivity contribution is 0.282. The predicted octanol–water partition coefficient (Wildman–Crippen LogP) is 2.79. The topological polar surface area (TPSA) is 57.6 Å². The number of sulfonamides is 1. The Morgan fingerprint density at radius 3 is 2.75 bits per heavy atom. The van der Waals surface area contributed by atoms with E-state index in [1.807, 2.05) is 6.92 Å². The fourth-order valence-corrected chi connectivity index (χ4v) is 4.59. The molecule has 1 heterocycles. The molecule has 1 N–H and O–H groups in total. The lowest BCUT2D eigenvalue weighted by Crippen LogP contribution is -2.38. The molecule has 1 fully saturated rings. The third-order valence-electron chi connectivity index (χ3n) is 3.79. The SMILES string of the molecule is CC1CCCCCN1S(=O)(=O)c1ccc(CO)c(Cl)c1. The van der Waals surface area contributed by atoms with Crippen LogP contribution >= 0.6 is 11.6 Å². The lowest BCUT2D eigenvalue weighted by atomic mass is 10.1. The van der Waals surface area contributed by atoms with Crippen LogP contribution in [-0.2, 0) is 16.6 Å². The summed E-state index contributed by atoms with van der Waals surface area (Å²) >= 11 is 6.00. The average Bonchev–Trinajstić information content (AvgIpc) is 2.63. The largest absolute Gasteiger partial charge is 0.392 e. The zero-order chi connectivity index (χ0) is 14.8. The molecule has 1 aliphatic heterocycles. The van der Waals surface area contributed by atoms with Crippen LogP contribution in [0.4, 0.5) is 0 Å². The van der Waals surface area contributed by atoms with E-state index in [1.165, 1.54) is 12.1 Å². The van der Waals surface area contributed by atoms with Gasteiger partial charge in [0, 0.05) is 17.6 Å². The predicted molar refractivity (Wildman–Crippen MR) is 79.2 cm³/mol. The van der Waals surface area contributed by atoms with Crippen LogP contribution in [0.15, 0.2) is 23.1 Å². The van der Waals surface area contributed by atoms with Gasteiger partial charge in [0.15, 0.2) is 0 Å². The molecule has 1 aromatic carbocycles. The standard InChI is InChI=1S/C14H20ClNO3S/c1-11-5-3-2-4-8-16(11)20(18,19)13-7-6-12(10-17)14(15)9-13/h6-7,9,11,17H,2-5,8,10H2,1H3. The second-order valence-electron chi connectivity index (χ2n) is 5.23. The number of benzene rings is 1. The van der Waals surface area contributed by atoms with Crippen molar-refractivity contribution in [3.05, 3.63) is 28.8 Å². The summed E-state index contributed by atoms with van der Waals surface area (Å²) in [4.78, 5) is 0.202. The fourth-order valence-electron chi connectivity index (χ4n) is 2.56. The molecule has 0 spiro atoms. The van der Waals surface area contributed by atoms with Crippen LogP contribution in [0.5, 0.6) is 0 Å². The summed E-state index contributed by atoms with van der Waals surface area (Å²) in [7, 11) is -3.51. The van der Waals surface area contributed by atoms with Crippen LogP contribution in [0.2, 0.25) is 5.02 Å². The Labute approximate surface area is 125 Å². The molecule has 0 radical (unpaired) electrons. The van der Waals surface area contributed by atoms with E-state index in [-0.39, 0.29) is 22.6 Å². The number of hydrogen-bond donors (Lipinski definition) is 1. The van der Waals surface area contributed by atoms with Crippen molar-refractivity contribution in [3.63, 3.8) is 0 Å². The van der Waals surface area contributed by atoms with Gasteiger partial charge in [0.1, 0.15) is 0 Å². The Balaban J connectivity index is 2.36. The highest BCUT2D eigenvalue weighted by Crippen LogP contribution is 2.27. The Bertz CT molecular complexity index is 574. The summed E-state index contributed by atoms with van der Waals surface area (Å²) in [5.74, 6) is 0. The molecule has 0 aliphatic carbocycles. The Morgan fingerprint density at radius 2 is 2.10 bits per heavy atom. The molecule has 1 aromatic rings. The number of halogens is 1. The zero-order valence-electron chi connectivity index (χ0n) is 11.5. The third-order valence-corrected chi connectivity index (χ3v) is 6.15. The average molecular weight is 318 g/mol. The van der Waals surface area contributed by atoms with E-state index in [1.54, 1.807) is 10.4 Å². The van der Waals surface area contributed by atoms with Crippen molar-refractivity contribution in [1.29, 1.82) is 0 Å². The van der Waals surface area contributed by atoms with Crippen LogP contribution in [-0.4, -0.2) is 30.4 Å². The summed E-state index contributed by atoms with van der Waals surface area (Å²) < 4.78 is 27.0. The van der Waals surface area contributed by atoms with Gasteiger partial charge in [0.25, 0.3) is 0 Å². The van der Waals surface area contributed by atoms with Crippen molar-refractivity contribution in [2.75, 3.05) is 6.54 Å². The summed E-state index contributed by atoms with van der Waals surface area (Å²) in [6.07, 6.45) is 3.92. The summed E-state index contributed by atoms with van der Waals surface area (Å²) in [5.41, 5.74) is 0.537. The first-order valence-electron chi connectivity index (χ1n) is 6.88. The molecule has 0 aromatic heterocycles. The normalized spacial score (nSPS) is 21.6. The number of hydrogen-bond acceptors (Lipinski definition) is 3. The van der Waals surface area contributed by atoms with Gasteiger partial charge in [-0.25, -0.2) is 8.42 Å². The van der Waals surface area contributed by atoms with Crippen LogP contribution in [0.3, 0.4) is 0 Å². The minimum absolute atomic E-state index is 0.0128. The molecular formula is C14H20ClNO3S. The maximum absolute atomic E-state index is 12.7. The molecule has 20 heavy (non-hydrogen) atoms. The van der Waals surface area contributed by atoms with E-state index in [9.17, 15) is 8.42 Å². The molecule has 0 bridgehead atoms. The van der Waals surface area contributed by atoms with E-state index < -0.39 is 10.0 Å². The third kappa shape index (κ3) is 3.17. The first-order chi connectivity index (χ1) is 9.46. The van der Waals surface area contributed by atoms with E-state index >= 15 is 0 Å². The molecule has 0 saturated carbocycles. The van der Waals surface area contributed by atoms with E-state index in [0.29, 0.717) is 12.1 Å². The summed E-state index contributed by atoms with van der Waals surface area (Å²) in [6.45, 7) is 2.31. The number of nitrogens with zero attached hydrogens (tertiary/aromatic N) is 1. The van der Waals surface area contributed by atoms with Crippen molar-refractivity contribution in [2.24, 2.45) is 0 Å². The second-order valence-corrected chi connectivity index (χ2v) is 7.52. The summed E-state index contributed by atoms with van der Waals surface area (Å²) in [6, 6.07) is 4.53. The number of aliphatic hydroxyl groups is 1. The molecule has 1 aliphatic rings. The molecule has 0 amide bonds. The van der Waals surface area contributed by atoms with Gasteiger partial charge < -0.3 is 5.11 Å². The van der Waals surface area contributed by atoms with E-state index in [0.717, 1.165) is 25.7 Å². The van der Waals surface area contributed by atoms with Crippen molar-refractivity contribution in [2.45, 2.75) is 50.2 Å². The Hall–Kier alpha value is -0.620. The van der Waals surface area contributed by atoms with Gasteiger partial charge in [-0.15, -0.1) is 0 Å².